The summed E-state index contributed by atoms with van der Waals surface area (Å²) in [5.41, 5.74) is -0.125. The van der Waals surface area contributed by atoms with Gasteiger partial charge in [0, 0.05) is 35.1 Å². The first-order valence-electron chi connectivity index (χ1n) is 10.7. The zero-order chi connectivity index (χ0) is 24.8. The van der Waals surface area contributed by atoms with E-state index < -0.39 is 34.7 Å². The average molecular weight is 485 g/mol. The lowest BCUT2D eigenvalue weighted by Crippen LogP contribution is -2.63. The third-order valence-electron chi connectivity index (χ3n) is 6.45. The summed E-state index contributed by atoms with van der Waals surface area (Å²) in [7, 11) is 3.18. The molecule has 0 spiro atoms. The molecule has 1 fully saturated rings. The van der Waals surface area contributed by atoms with Crippen molar-refractivity contribution in [1.82, 2.24) is 15.5 Å². The first-order chi connectivity index (χ1) is 15.9. The van der Waals surface area contributed by atoms with Crippen molar-refractivity contribution in [2.45, 2.75) is 36.7 Å². The van der Waals surface area contributed by atoms with Gasteiger partial charge >= 0.3 is 5.92 Å². The van der Waals surface area contributed by atoms with Crippen molar-refractivity contribution in [2.24, 2.45) is 0 Å². The number of alkyl halides is 2. The quantitative estimate of drug-likeness (QED) is 0.479. The first kappa shape index (κ1) is 23.9. The highest BCUT2D eigenvalue weighted by Gasteiger charge is 2.48. The van der Waals surface area contributed by atoms with Crippen LogP contribution in [0.1, 0.15) is 45.8 Å². The largest absolute Gasteiger partial charge is 0.352 e. The predicted octanol–water partition coefficient (Wildman–Crippen LogP) is 0.602. The molecule has 34 heavy (non-hydrogen) atoms. The Balaban J connectivity index is 1.51. The van der Waals surface area contributed by atoms with E-state index in [1.165, 1.54) is 17.0 Å². The van der Waals surface area contributed by atoms with Crippen LogP contribution >= 0.6 is 11.6 Å². The Hall–Kier alpha value is -3.20. The van der Waals surface area contributed by atoms with E-state index in [2.05, 4.69) is 10.6 Å². The molecule has 0 bridgehead atoms. The van der Waals surface area contributed by atoms with Crippen molar-refractivity contribution in [3.8, 4) is 0 Å². The Kier molecular flexibility index (Phi) is 6.01. The number of hydrogen-bond acceptors (Lipinski definition) is 4. The van der Waals surface area contributed by atoms with Crippen LogP contribution in [0, 0.1) is 0 Å². The van der Waals surface area contributed by atoms with Gasteiger partial charge in [-0.1, -0.05) is 35.9 Å². The van der Waals surface area contributed by atoms with Crippen LogP contribution in [0.4, 0.5) is 8.78 Å². The fourth-order valence-electron chi connectivity index (χ4n) is 4.22. The lowest BCUT2D eigenvalue weighted by molar-refractivity contribution is -0.147. The summed E-state index contributed by atoms with van der Waals surface area (Å²) in [6.07, 6.45) is 0.328. The van der Waals surface area contributed by atoms with Crippen LogP contribution in [0.5, 0.6) is 0 Å². The molecule has 2 heterocycles. The summed E-state index contributed by atoms with van der Waals surface area (Å²) >= 11 is 5.74. The average Bonchev–Trinajstić information content (AvgIpc) is 3.13. The number of rotatable bonds is 5. The number of piperidine rings is 1. The number of imide groups is 1. The van der Waals surface area contributed by atoms with Crippen LogP contribution < -0.4 is 10.6 Å². The second kappa shape index (κ2) is 8.54. The molecule has 2 aliphatic heterocycles. The van der Waals surface area contributed by atoms with Crippen molar-refractivity contribution < 1.29 is 28.0 Å². The summed E-state index contributed by atoms with van der Waals surface area (Å²) in [5, 5.41) is 4.88. The van der Waals surface area contributed by atoms with E-state index in [1.54, 1.807) is 33.9 Å². The second-order valence-electron chi connectivity index (χ2n) is 8.74. The Morgan fingerprint density at radius 2 is 1.85 bits per heavy atom. The van der Waals surface area contributed by atoms with Gasteiger partial charge in [-0.2, -0.15) is 8.78 Å². The number of benzene rings is 2. The van der Waals surface area contributed by atoms with Gasteiger partial charge in [0.1, 0.15) is 15.7 Å². The summed E-state index contributed by atoms with van der Waals surface area (Å²) in [6, 6.07) is 9.56. The molecule has 1 unspecified atom stereocenters. The minimum absolute atomic E-state index is 0.124. The number of amides is 4. The van der Waals surface area contributed by atoms with Gasteiger partial charge in [-0.3, -0.25) is 24.5 Å². The zero-order valence-electron chi connectivity index (χ0n) is 18.5. The Morgan fingerprint density at radius 1 is 1.18 bits per heavy atom. The highest BCUT2D eigenvalue weighted by atomic mass is 35.5. The van der Waals surface area contributed by atoms with Crippen LogP contribution in [0.25, 0.3) is 0 Å². The van der Waals surface area contributed by atoms with Crippen LogP contribution in [0.3, 0.4) is 0 Å². The highest BCUT2D eigenvalue weighted by Crippen LogP contribution is 2.34. The smallest absolute Gasteiger partial charge is 0.349 e. The molecular weight excluding hydrogens is 465 g/mol. The number of halogens is 3. The van der Waals surface area contributed by atoms with Crippen LogP contribution in [0.2, 0.25) is 5.02 Å². The molecule has 2 N–H and O–H groups in total. The molecule has 2 aromatic carbocycles. The van der Waals surface area contributed by atoms with Gasteiger partial charge in [0.25, 0.3) is 11.8 Å². The van der Waals surface area contributed by atoms with E-state index in [4.69, 9.17) is 11.6 Å². The minimum Gasteiger partial charge on any atom is -0.352 e. The lowest BCUT2D eigenvalue weighted by atomic mass is 9.70. The second-order valence-corrected chi connectivity index (χ2v) is 9.17. The summed E-state index contributed by atoms with van der Waals surface area (Å²) in [5.74, 6) is -7.26. The summed E-state index contributed by atoms with van der Waals surface area (Å²) in [4.78, 5) is 50.8. The van der Waals surface area contributed by atoms with Gasteiger partial charge in [-0.05, 0) is 35.7 Å². The third kappa shape index (κ3) is 4.09. The Bertz CT molecular complexity index is 1210. The summed E-state index contributed by atoms with van der Waals surface area (Å²) in [6.45, 7) is 0.127. The van der Waals surface area contributed by atoms with Crippen molar-refractivity contribution >= 4 is 50.9 Å². The van der Waals surface area contributed by atoms with Crippen molar-refractivity contribution in [2.75, 3.05) is 0 Å². The minimum atomic E-state index is -3.76. The third-order valence-corrected chi connectivity index (χ3v) is 6.70. The molecule has 0 aliphatic carbocycles. The SMILES string of the molecule is BC(NC(=O)C(F)(F)c1ccc(Cl)cc1)c1ccc2c(c1)CN([C@]1(B)CCC(=O)NC1=O)C2=O. The molecule has 4 rings (SSSR count). The lowest BCUT2D eigenvalue weighted by Gasteiger charge is -2.39. The number of nitrogens with one attached hydrogen (secondary N) is 2. The fraction of sp³-hybridized carbons (Fsp3) is 0.273. The molecule has 12 heteroatoms. The molecule has 2 aromatic rings. The Morgan fingerprint density at radius 3 is 2.50 bits per heavy atom. The van der Waals surface area contributed by atoms with Crippen LogP contribution in [-0.4, -0.2) is 49.7 Å². The fourth-order valence-corrected chi connectivity index (χ4v) is 4.35. The molecule has 2 atom stereocenters. The molecule has 4 amide bonds. The molecule has 0 saturated carbocycles. The van der Waals surface area contributed by atoms with Gasteiger partial charge in [0.15, 0.2) is 0 Å². The zero-order valence-corrected chi connectivity index (χ0v) is 19.2. The monoisotopic (exact) mass is 485 g/mol. The number of carbonyl (C=O) groups excluding carboxylic acids is 4. The van der Waals surface area contributed by atoms with Crippen molar-refractivity contribution in [1.29, 1.82) is 0 Å². The predicted molar refractivity (Wildman–Crippen MR) is 125 cm³/mol. The van der Waals surface area contributed by atoms with Crippen molar-refractivity contribution in [3.05, 3.63) is 69.7 Å². The molecule has 0 radical (unpaired) electrons. The highest BCUT2D eigenvalue weighted by molar-refractivity contribution is 6.32. The molecule has 2 aliphatic rings. The maximum Gasteiger partial charge on any atom is 0.349 e. The van der Waals surface area contributed by atoms with Gasteiger partial charge in [-0.15, -0.1) is 0 Å². The van der Waals surface area contributed by atoms with E-state index in [1.807, 2.05) is 0 Å². The molecule has 7 nitrogen and oxygen atoms in total. The van der Waals surface area contributed by atoms with Crippen LogP contribution in [-0.2, 0) is 26.9 Å². The standard InChI is InChI=1S/C22H20B2ClF2N3O4/c23-17(29-20(34)22(26,27)13-2-4-14(25)5-3-13)11-1-6-15-12(9-11)10-30(18(15)32)21(24)8-7-16(31)28-19(21)33/h1-6,9,17H,7-8,10,23-24H2,(H,29,34)(H,28,31,33)/t17?,21-/m1/s1. The van der Waals surface area contributed by atoms with E-state index in [9.17, 15) is 28.0 Å². The number of fused-ring (bicyclic) bond motifs is 1. The maximum atomic E-state index is 14.6. The van der Waals surface area contributed by atoms with Gasteiger partial charge in [0.2, 0.25) is 11.8 Å². The molecule has 1 saturated heterocycles. The Labute approximate surface area is 201 Å². The van der Waals surface area contributed by atoms with Crippen LogP contribution in [0.15, 0.2) is 42.5 Å². The van der Waals surface area contributed by atoms with E-state index in [-0.39, 0.29) is 36.2 Å². The van der Waals surface area contributed by atoms with Gasteiger partial charge < -0.3 is 10.2 Å². The molecular formula is C22H20B2ClF2N3O4. The molecule has 174 valence electrons. The van der Waals surface area contributed by atoms with Crippen molar-refractivity contribution in [3.63, 3.8) is 0 Å². The van der Waals surface area contributed by atoms with E-state index >= 15 is 0 Å². The number of carbonyl (C=O) groups is 4. The van der Waals surface area contributed by atoms with Gasteiger partial charge in [-0.25, -0.2) is 0 Å². The normalized spacial score (nSPS) is 21.1. The van der Waals surface area contributed by atoms with E-state index in [0.717, 1.165) is 12.1 Å². The van der Waals surface area contributed by atoms with E-state index in [0.29, 0.717) is 16.7 Å². The van der Waals surface area contributed by atoms with Gasteiger partial charge in [0.05, 0.1) is 5.44 Å². The number of nitrogens with zero attached hydrogens (tertiary/aromatic N) is 1. The molecule has 0 aromatic heterocycles. The summed E-state index contributed by atoms with van der Waals surface area (Å²) < 4.78 is 29.2. The maximum absolute atomic E-state index is 14.6. The topological polar surface area (TPSA) is 95.6 Å². The number of hydrogen-bond donors (Lipinski definition) is 2. The first-order valence-corrected chi connectivity index (χ1v) is 11.0.